The van der Waals surface area contributed by atoms with Crippen molar-refractivity contribution in [2.45, 2.75) is 18.7 Å². The zero-order chi connectivity index (χ0) is 14.4. The van der Waals surface area contributed by atoms with Gasteiger partial charge in [-0.3, -0.25) is 4.21 Å². The van der Waals surface area contributed by atoms with E-state index < -0.39 is 16.8 Å². The average molecular weight is 348 g/mol. The van der Waals surface area contributed by atoms with Gasteiger partial charge in [-0.1, -0.05) is 29.8 Å². The molecule has 0 aliphatic rings. The molecule has 1 atom stereocenters. The van der Waals surface area contributed by atoms with Crippen LogP contribution in [0.3, 0.4) is 0 Å². The lowest BCUT2D eigenvalue weighted by Gasteiger charge is -2.17. The van der Waals surface area contributed by atoms with Crippen LogP contribution in [0.25, 0.3) is 0 Å². The van der Waals surface area contributed by atoms with E-state index in [1.165, 1.54) is 6.07 Å². The fourth-order valence-electron chi connectivity index (χ4n) is 1.72. The highest BCUT2D eigenvalue weighted by Crippen LogP contribution is 2.20. The lowest BCUT2D eigenvalue weighted by atomic mass is 10.2. The zero-order valence-corrected chi connectivity index (χ0v) is 13.5. The minimum atomic E-state index is -1.30. The van der Waals surface area contributed by atoms with Crippen molar-refractivity contribution in [2.75, 3.05) is 25.4 Å². The van der Waals surface area contributed by atoms with E-state index in [0.29, 0.717) is 17.2 Å². The Labute approximate surface area is 124 Å². The summed E-state index contributed by atoms with van der Waals surface area (Å²) in [6.45, 7) is 6.60. The molecule has 1 rings (SSSR count). The van der Waals surface area contributed by atoms with Gasteiger partial charge in [0.2, 0.25) is 0 Å². The molecule has 1 N–H and O–H groups in total. The fourth-order valence-corrected chi connectivity index (χ4v) is 3.54. The summed E-state index contributed by atoms with van der Waals surface area (Å²) in [5.41, 5.74) is 0.112. The van der Waals surface area contributed by atoms with Crippen molar-refractivity contribution in [1.82, 2.24) is 4.90 Å². The SMILES string of the molecule is CCN(CC)CCS(=O)c1cc(Br)ccc1C(=O)O. The monoisotopic (exact) mass is 347 g/mol. The van der Waals surface area contributed by atoms with E-state index in [4.69, 9.17) is 5.11 Å². The van der Waals surface area contributed by atoms with Crippen LogP contribution in [0.2, 0.25) is 0 Å². The van der Waals surface area contributed by atoms with Gasteiger partial charge in [0, 0.05) is 16.8 Å². The Kier molecular flexibility index (Phi) is 6.68. The van der Waals surface area contributed by atoms with Crippen molar-refractivity contribution in [3.63, 3.8) is 0 Å². The quantitative estimate of drug-likeness (QED) is 0.823. The molecule has 0 aromatic heterocycles. The maximum atomic E-state index is 12.3. The smallest absolute Gasteiger partial charge is 0.336 e. The van der Waals surface area contributed by atoms with Crippen LogP contribution in [0, 0.1) is 0 Å². The lowest BCUT2D eigenvalue weighted by Crippen LogP contribution is -2.27. The molecule has 0 saturated carbocycles. The Morgan fingerprint density at radius 2 is 2.00 bits per heavy atom. The zero-order valence-electron chi connectivity index (χ0n) is 11.1. The van der Waals surface area contributed by atoms with E-state index in [9.17, 15) is 9.00 Å². The predicted octanol–water partition coefficient (Wildman–Crippen LogP) is 2.60. The summed E-state index contributed by atoms with van der Waals surface area (Å²) in [6, 6.07) is 4.76. The fraction of sp³-hybridized carbons (Fsp3) is 0.462. The standard InChI is InChI=1S/C13H18BrNO3S/c1-3-15(4-2)7-8-19(18)12-9-10(14)5-6-11(12)13(16)17/h5-6,9H,3-4,7-8H2,1-2H3,(H,16,17). The normalized spacial score (nSPS) is 12.6. The molecule has 0 radical (unpaired) electrons. The maximum absolute atomic E-state index is 12.3. The van der Waals surface area contributed by atoms with Gasteiger partial charge in [0.15, 0.2) is 0 Å². The molecule has 1 aromatic carbocycles. The first-order valence-corrected chi connectivity index (χ1v) is 8.24. The summed E-state index contributed by atoms with van der Waals surface area (Å²) < 4.78 is 13.0. The van der Waals surface area contributed by atoms with Gasteiger partial charge < -0.3 is 10.0 Å². The molecule has 0 aliphatic heterocycles. The first kappa shape index (κ1) is 16.3. The molecular formula is C13H18BrNO3S. The van der Waals surface area contributed by atoms with Gasteiger partial charge in [-0.25, -0.2) is 4.79 Å². The van der Waals surface area contributed by atoms with Gasteiger partial charge in [0.05, 0.1) is 21.3 Å². The summed E-state index contributed by atoms with van der Waals surface area (Å²) in [6.07, 6.45) is 0. The van der Waals surface area contributed by atoms with Crippen LogP contribution in [0.5, 0.6) is 0 Å². The summed E-state index contributed by atoms with van der Waals surface area (Å²) in [5.74, 6) is -0.600. The van der Waals surface area contributed by atoms with Crippen molar-refractivity contribution in [2.24, 2.45) is 0 Å². The third-order valence-electron chi connectivity index (χ3n) is 2.91. The van der Waals surface area contributed by atoms with Crippen LogP contribution in [0.15, 0.2) is 27.6 Å². The highest BCUT2D eigenvalue weighted by Gasteiger charge is 2.16. The molecule has 106 valence electrons. The third kappa shape index (κ3) is 4.71. The van der Waals surface area contributed by atoms with Crippen LogP contribution >= 0.6 is 15.9 Å². The van der Waals surface area contributed by atoms with E-state index in [0.717, 1.165) is 17.6 Å². The Morgan fingerprint density at radius 3 is 2.53 bits per heavy atom. The summed E-state index contributed by atoms with van der Waals surface area (Å²) in [7, 11) is -1.30. The highest BCUT2D eigenvalue weighted by molar-refractivity contribution is 9.10. The molecule has 0 spiro atoms. The molecule has 0 amide bonds. The predicted molar refractivity (Wildman–Crippen MR) is 80.2 cm³/mol. The van der Waals surface area contributed by atoms with E-state index in [2.05, 4.69) is 20.8 Å². The van der Waals surface area contributed by atoms with Crippen molar-refractivity contribution in [3.8, 4) is 0 Å². The number of halogens is 1. The largest absolute Gasteiger partial charge is 0.478 e. The second-order valence-electron chi connectivity index (χ2n) is 4.02. The van der Waals surface area contributed by atoms with Crippen LogP contribution in [-0.2, 0) is 10.8 Å². The highest BCUT2D eigenvalue weighted by atomic mass is 79.9. The Bertz CT molecular complexity index is 475. The van der Waals surface area contributed by atoms with Gasteiger partial charge in [-0.05, 0) is 31.3 Å². The molecular weight excluding hydrogens is 330 g/mol. The molecule has 19 heavy (non-hydrogen) atoms. The van der Waals surface area contributed by atoms with Gasteiger partial charge in [-0.2, -0.15) is 0 Å². The van der Waals surface area contributed by atoms with Gasteiger partial charge in [0.1, 0.15) is 0 Å². The van der Waals surface area contributed by atoms with Crippen molar-refractivity contribution >= 4 is 32.7 Å². The van der Waals surface area contributed by atoms with Gasteiger partial charge in [-0.15, -0.1) is 0 Å². The topological polar surface area (TPSA) is 57.6 Å². The van der Waals surface area contributed by atoms with Crippen LogP contribution < -0.4 is 0 Å². The second kappa shape index (κ2) is 7.77. The minimum Gasteiger partial charge on any atom is -0.478 e. The molecule has 0 heterocycles. The van der Waals surface area contributed by atoms with Crippen LogP contribution in [0.4, 0.5) is 0 Å². The lowest BCUT2D eigenvalue weighted by molar-refractivity contribution is 0.0693. The first-order valence-electron chi connectivity index (χ1n) is 6.13. The number of rotatable bonds is 7. The van der Waals surface area contributed by atoms with E-state index in [1.807, 2.05) is 13.8 Å². The number of carboxylic acids is 1. The molecule has 0 aliphatic carbocycles. The second-order valence-corrected chi connectivity index (χ2v) is 6.48. The molecule has 0 fully saturated rings. The van der Waals surface area contributed by atoms with Crippen molar-refractivity contribution in [1.29, 1.82) is 0 Å². The van der Waals surface area contributed by atoms with Gasteiger partial charge in [0.25, 0.3) is 0 Å². The number of carbonyl (C=O) groups is 1. The number of benzene rings is 1. The van der Waals surface area contributed by atoms with Crippen LogP contribution in [-0.4, -0.2) is 45.6 Å². The minimum absolute atomic E-state index is 0.112. The molecule has 4 nitrogen and oxygen atoms in total. The Morgan fingerprint density at radius 1 is 1.37 bits per heavy atom. The summed E-state index contributed by atoms with van der Waals surface area (Å²) in [4.78, 5) is 13.7. The first-order chi connectivity index (χ1) is 8.99. The number of carboxylic acid groups (broad SMARTS) is 1. The molecule has 6 heteroatoms. The number of nitrogens with zero attached hydrogens (tertiary/aromatic N) is 1. The van der Waals surface area contributed by atoms with E-state index >= 15 is 0 Å². The van der Waals surface area contributed by atoms with E-state index in [-0.39, 0.29) is 5.56 Å². The third-order valence-corrected chi connectivity index (χ3v) is 4.78. The Hall–Kier alpha value is -0.720. The summed E-state index contributed by atoms with van der Waals surface area (Å²) >= 11 is 3.28. The number of aromatic carboxylic acids is 1. The number of hydrogen-bond acceptors (Lipinski definition) is 3. The number of hydrogen-bond donors (Lipinski definition) is 1. The Balaban J connectivity index is 2.87. The summed E-state index contributed by atoms with van der Waals surface area (Å²) in [5, 5.41) is 9.12. The average Bonchev–Trinajstić information content (AvgIpc) is 2.39. The van der Waals surface area contributed by atoms with Crippen molar-refractivity contribution in [3.05, 3.63) is 28.2 Å². The van der Waals surface area contributed by atoms with Crippen LogP contribution in [0.1, 0.15) is 24.2 Å². The van der Waals surface area contributed by atoms with Crippen molar-refractivity contribution < 1.29 is 14.1 Å². The maximum Gasteiger partial charge on any atom is 0.336 e. The molecule has 0 bridgehead atoms. The van der Waals surface area contributed by atoms with Gasteiger partial charge >= 0.3 is 5.97 Å². The molecule has 1 aromatic rings. The molecule has 0 saturated heterocycles. The van der Waals surface area contributed by atoms with E-state index in [1.54, 1.807) is 12.1 Å². The molecule has 1 unspecified atom stereocenters.